The molecule has 0 aliphatic heterocycles. The van der Waals surface area contributed by atoms with Crippen molar-refractivity contribution < 1.29 is 4.74 Å². The molecule has 0 saturated heterocycles. The maximum atomic E-state index is 9.15. The van der Waals surface area contributed by atoms with Crippen molar-refractivity contribution in [3.63, 3.8) is 0 Å². The molecule has 3 nitrogen and oxygen atoms in total. The molecule has 0 fully saturated rings. The molecule has 0 aromatic heterocycles. The molecule has 0 bridgehead atoms. The predicted molar refractivity (Wildman–Crippen MR) is 73.4 cm³/mol. The fourth-order valence-corrected chi connectivity index (χ4v) is 1.72. The summed E-state index contributed by atoms with van der Waals surface area (Å²) in [5, 5.41) is 12.3. The van der Waals surface area contributed by atoms with Crippen LogP contribution >= 0.6 is 0 Å². The van der Waals surface area contributed by atoms with Crippen LogP contribution < -0.4 is 5.32 Å². The maximum absolute atomic E-state index is 9.15. The minimum absolute atomic E-state index is 0.143. The predicted octanol–water partition coefficient (Wildman–Crippen LogP) is 2.78. The van der Waals surface area contributed by atoms with Crippen LogP contribution in [0.15, 0.2) is 24.3 Å². The number of nitriles is 1. The molecule has 1 aromatic carbocycles. The van der Waals surface area contributed by atoms with E-state index in [1.165, 1.54) is 5.56 Å². The average molecular weight is 246 g/mol. The van der Waals surface area contributed by atoms with Crippen molar-refractivity contribution in [3.8, 4) is 6.07 Å². The van der Waals surface area contributed by atoms with Gasteiger partial charge in [0.25, 0.3) is 0 Å². The van der Waals surface area contributed by atoms with E-state index < -0.39 is 0 Å². The summed E-state index contributed by atoms with van der Waals surface area (Å²) in [5.74, 6) is 0. The van der Waals surface area contributed by atoms with Crippen LogP contribution in [0.4, 0.5) is 0 Å². The first kappa shape index (κ1) is 14.7. The van der Waals surface area contributed by atoms with Crippen LogP contribution in [0.2, 0.25) is 0 Å². The number of hydrogen-bond acceptors (Lipinski definition) is 3. The van der Waals surface area contributed by atoms with Gasteiger partial charge < -0.3 is 4.74 Å². The van der Waals surface area contributed by atoms with Crippen molar-refractivity contribution in [3.05, 3.63) is 35.4 Å². The van der Waals surface area contributed by atoms with Gasteiger partial charge in [-0.25, -0.2) is 0 Å². The lowest BCUT2D eigenvalue weighted by molar-refractivity contribution is 0.198. The van der Waals surface area contributed by atoms with Crippen LogP contribution in [0.5, 0.6) is 0 Å². The van der Waals surface area contributed by atoms with Gasteiger partial charge in [-0.15, -0.1) is 0 Å². The molecule has 0 aliphatic carbocycles. The largest absolute Gasteiger partial charge is 0.383 e. The second-order valence-electron chi connectivity index (χ2n) is 5.38. The van der Waals surface area contributed by atoms with Gasteiger partial charge in [0.2, 0.25) is 0 Å². The highest BCUT2D eigenvalue weighted by Gasteiger charge is 2.15. The van der Waals surface area contributed by atoms with Gasteiger partial charge in [-0.1, -0.05) is 45.0 Å². The van der Waals surface area contributed by atoms with Gasteiger partial charge in [0.05, 0.1) is 12.7 Å². The number of hydrogen-bond donors (Lipinski definition) is 1. The molecule has 0 radical (unpaired) electrons. The van der Waals surface area contributed by atoms with E-state index in [1.54, 1.807) is 7.11 Å². The zero-order valence-electron chi connectivity index (χ0n) is 11.7. The van der Waals surface area contributed by atoms with Gasteiger partial charge in [-0.3, -0.25) is 5.32 Å². The normalized spacial score (nSPS) is 13.1. The molecule has 1 N–H and O–H groups in total. The number of nitrogens with one attached hydrogen (secondary N) is 1. The van der Waals surface area contributed by atoms with E-state index in [0.717, 1.165) is 5.56 Å². The standard InChI is InChI=1S/C15H22N2O/c1-15(2,3)13-7-5-12(6-8-13)14(11-16)17-9-10-18-4/h5-8,14,17H,9-10H2,1-4H3. The zero-order valence-corrected chi connectivity index (χ0v) is 11.7. The summed E-state index contributed by atoms with van der Waals surface area (Å²) in [5.41, 5.74) is 2.42. The van der Waals surface area contributed by atoms with E-state index >= 15 is 0 Å². The fourth-order valence-electron chi connectivity index (χ4n) is 1.72. The second kappa shape index (κ2) is 6.53. The summed E-state index contributed by atoms with van der Waals surface area (Å²) in [7, 11) is 1.65. The highest BCUT2D eigenvalue weighted by molar-refractivity contribution is 5.31. The minimum atomic E-state index is -0.269. The fraction of sp³-hybridized carbons (Fsp3) is 0.533. The van der Waals surface area contributed by atoms with Crippen LogP contribution in [-0.4, -0.2) is 20.3 Å². The molecule has 3 heteroatoms. The first-order chi connectivity index (χ1) is 8.49. The molecule has 1 aromatic rings. The lowest BCUT2D eigenvalue weighted by Gasteiger charge is -2.20. The Morgan fingerprint density at radius 3 is 2.33 bits per heavy atom. The Hall–Kier alpha value is -1.37. The number of nitrogens with zero attached hydrogens (tertiary/aromatic N) is 1. The van der Waals surface area contributed by atoms with Crippen molar-refractivity contribution in [1.82, 2.24) is 5.32 Å². The monoisotopic (exact) mass is 246 g/mol. The van der Waals surface area contributed by atoms with Crippen molar-refractivity contribution in [2.24, 2.45) is 0 Å². The Kier molecular flexibility index (Phi) is 5.33. The first-order valence-corrected chi connectivity index (χ1v) is 6.21. The molecular formula is C15H22N2O. The Morgan fingerprint density at radius 1 is 1.28 bits per heavy atom. The molecule has 1 rings (SSSR count). The third-order valence-corrected chi connectivity index (χ3v) is 2.89. The summed E-state index contributed by atoms with van der Waals surface area (Å²) < 4.78 is 4.96. The second-order valence-corrected chi connectivity index (χ2v) is 5.38. The van der Waals surface area contributed by atoms with E-state index in [-0.39, 0.29) is 11.5 Å². The van der Waals surface area contributed by atoms with E-state index in [1.807, 2.05) is 12.1 Å². The Bertz CT molecular complexity index is 398. The molecule has 0 saturated carbocycles. The molecule has 0 amide bonds. The van der Waals surface area contributed by atoms with E-state index in [4.69, 9.17) is 10.00 Å². The quantitative estimate of drug-likeness (QED) is 0.813. The SMILES string of the molecule is COCCNC(C#N)c1ccc(C(C)(C)C)cc1. The van der Waals surface area contributed by atoms with Gasteiger partial charge in [0.1, 0.15) is 6.04 Å². The van der Waals surface area contributed by atoms with E-state index in [2.05, 4.69) is 44.3 Å². The lowest BCUT2D eigenvalue weighted by Crippen LogP contribution is -2.24. The number of methoxy groups -OCH3 is 1. The minimum Gasteiger partial charge on any atom is -0.383 e. The zero-order chi connectivity index (χ0) is 13.6. The van der Waals surface area contributed by atoms with Crippen LogP contribution in [0, 0.1) is 11.3 Å². The molecule has 0 heterocycles. The van der Waals surface area contributed by atoms with Gasteiger partial charge in [-0.2, -0.15) is 5.26 Å². The lowest BCUT2D eigenvalue weighted by atomic mass is 9.86. The maximum Gasteiger partial charge on any atom is 0.121 e. The summed E-state index contributed by atoms with van der Waals surface area (Å²) in [6, 6.07) is 10.2. The van der Waals surface area contributed by atoms with Gasteiger partial charge in [-0.05, 0) is 16.5 Å². The molecule has 1 atom stereocenters. The number of ether oxygens (including phenoxy) is 1. The van der Waals surface area contributed by atoms with Crippen LogP contribution in [0.1, 0.15) is 37.9 Å². The van der Waals surface area contributed by atoms with Crippen LogP contribution in [0.25, 0.3) is 0 Å². The van der Waals surface area contributed by atoms with E-state index in [0.29, 0.717) is 13.2 Å². The highest BCUT2D eigenvalue weighted by atomic mass is 16.5. The number of benzene rings is 1. The smallest absolute Gasteiger partial charge is 0.121 e. The van der Waals surface area contributed by atoms with Gasteiger partial charge >= 0.3 is 0 Å². The number of rotatable bonds is 5. The molecule has 98 valence electrons. The van der Waals surface area contributed by atoms with Crippen LogP contribution in [0.3, 0.4) is 0 Å². The van der Waals surface area contributed by atoms with E-state index in [9.17, 15) is 0 Å². The van der Waals surface area contributed by atoms with Gasteiger partial charge in [0.15, 0.2) is 0 Å². The van der Waals surface area contributed by atoms with Crippen molar-refractivity contribution in [2.45, 2.75) is 32.2 Å². The van der Waals surface area contributed by atoms with Crippen LogP contribution in [-0.2, 0) is 10.2 Å². The topological polar surface area (TPSA) is 45.0 Å². The molecule has 0 aliphatic rings. The first-order valence-electron chi connectivity index (χ1n) is 6.21. The van der Waals surface area contributed by atoms with Crippen molar-refractivity contribution in [1.29, 1.82) is 5.26 Å². The third-order valence-electron chi connectivity index (χ3n) is 2.89. The molecule has 1 unspecified atom stereocenters. The Balaban J connectivity index is 2.74. The summed E-state index contributed by atoms with van der Waals surface area (Å²) >= 11 is 0. The van der Waals surface area contributed by atoms with Gasteiger partial charge in [0, 0.05) is 13.7 Å². The summed E-state index contributed by atoms with van der Waals surface area (Å²) in [6.45, 7) is 7.83. The average Bonchev–Trinajstić information content (AvgIpc) is 2.34. The van der Waals surface area contributed by atoms with Crippen molar-refractivity contribution in [2.75, 3.05) is 20.3 Å². The highest BCUT2D eigenvalue weighted by Crippen LogP contribution is 2.23. The molecular weight excluding hydrogens is 224 g/mol. The Morgan fingerprint density at radius 2 is 1.89 bits per heavy atom. The van der Waals surface area contributed by atoms with Crippen molar-refractivity contribution >= 4 is 0 Å². The molecule has 18 heavy (non-hydrogen) atoms. The Labute approximate surface area is 110 Å². The third kappa shape index (κ3) is 4.14. The summed E-state index contributed by atoms with van der Waals surface area (Å²) in [6.07, 6.45) is 0. The summed E-state index contributed by atoms with van der Waals surface area (Å²) in [4.78, 5) is 0. The molecule has 0 spiro atoms.